The summed E-state index contributed by atoms with van der Waals surface area (Å²) in [6.07, 6.45) is 5.66. The van der Waals surface area contributed by atoms with Gasteiger partial charge >= 0.3 is 0 Å². The molecular weight excluding hydrogens is 527 g/mol. The van der Waals surface area contributed by atoms with Crippen LogP contribution in [-0.4, -0.2) is 55.9 Å². The first-order valence-electron chi connectivity index (χ1n) is 13.2. The molecule has 0 radical (unpaired) electrons. The molecule has 1 heterocycles. The molecule has 0 unspecified atom stereocenters. The summed E-state index contributed by atoms with van der Waals surface area (Å²) in [7, 11) is 1.82. The fraction of sp³-hybridized carbons (Fsp3) is 0.312. The fourth-order valence-corrected chi connectivity index (χ4v) is 5.06. The summed E-state index contributed by atoms with van der Waals surface area (Å²) >= 11 is 11.4. The number of carbonyl (C=O) groups excluding carboxylic acids is 1. The first-order valence-corrected chi connectivity index (χ1v) is 14.0. The number of carbonyl (C=O) groups is 1. The lowest BCUT2D eigenvalue weighted by Gasteiger charge is -2.32. The predicted molar refractivity (Wildman–Crippen MR) is 163 cm³/mol. The smallest absolute Gasteiger partial charge is 0.139 e. The summed E-state index contributed by atoms with van der Waals surface area (Å²) in [6, 6.07) is 23.6. The van der Waals surface area contributed by atoms with Crippen LogP contribution in [0, 0.1) is 11.3 Å². The average Bonchev–Trinajstić information content (AvgIpc) is 2.96. The molecule has 1 aliphatic heterocycles. The lowest BCUT2D eigenvalue weighted by molar-refractivity contribution is -0.108. The molecule has 0 aromatic heterocycles. The van der Waals surface area contributed by atoms with Crippen LogP contribution in [0.25, 0.3) is 11.1 Å². The van der Waals surface area contributed by atoms with Crippen molar-refractivity contribution >= 4 is 35.2 Å². The van der Waals surface area contributed by atoms with Gasteiger partial charge in [-0.15, -0.1) is 0 Å². The third-order valence-corrected chi connectivity index (χ3v) is 7.13. The van der Waals surface area contributed by atoms with Gasteiger partial charge in [-0.25, -0.2) is 0 Å². The van der Waals surface area contributed by atoms with E-state index in [0.29, 0.717) is 22.2 Å². The van der Waals surface area contributed by atoms with Crippen LogP contribution in [-0.2, 0) is 11.2 Å². The summed E-state index contributed by atoms with van der Waals surface area (Å²) in [4.78, 5) is 15.7. The Kier molecular flexibility index (Phi) is 12.4. The minimum atomic E-state index is 0.395. The third-order valence-electron chi connectivity index (χ3n) is 6.70. The first-order chi connectivity index (χ1) is 18.9. The summed E-state index contributed by atoms with van der Waals surface area (Å²) in [5.74, 6) is 0. The van der Waals surface area contributed by atoms with E-state index >= 15 is 0 Å². The molecule has 3 aromatic carbocycles. The van der Waals surface area contributed by atoms with Gasteiger partial charge in [0.2, 0.25) is 0 Å². The number of piperidine rings is 1. The highest BCUT2D eigenvalue weighted by atomic mass is 35.5. The fourth-order valence-electron chi connectivity index (χ4n) is 4.54. The van der Waals surface area contributed by atoms with Crippen molar-refractivity contribution in [1.82, 2.24) is 9.80 Å². The quantitative estimate of drug-likeness (QED) is 0.262. The van der Waals surface area contributed by atoms with Crippen LogP contribution in [0.15, 0.2) is 79.0 Å². The molecule has 0 aliphatic carbocycles. The normalized spacial score (nSPS) is 13.0. The van der Waals surface area contributed by atoms with Gasteiger partial charge in [-0.1, -0.05) is 72.6 Å². The number of benzene rings is 3. The van der Waals surface area contributed by atoms with Crippen LogP contribution in [0.1, 0.15) is 30.4 Å². The zero-order valence-corrected chi connectivity index (χ0v) is 24.0. The second kappa shape index (κ2) is 16.0. The Labute approximate surface area is 242 Å². The van der Waals surface area contributed by atoms with E-state index in [1.807, 2.05) is 43.4 Å². The van der Waals surface area contributed by atoms with Gasteiger partial charge < -0.3 is 15.0 Å². The zero-order chi connectivity index (χ0) is 28.0. The molecule has 3 aromatic rings. The number of nitrogens with one attached hydrogen (secondary N) is 1. The molecule has 0 saturated carbocycles. The SMILES string of the molecule is C=C(CN1CCCCC1)N(CC=O)CCc1ccc(-c2cccc(C#N)c2)cc1.CNc1cc(Cl)cc(Cl)c1. The Bertz CT molecular complexity index is 1240. The molecule has 0 bridgehead atoms. The van der Waals surface area contributed by atoms with E-state index in [2.05, 4.69) is 52.0 Å². The third kappa shape index (κ3) is 10.1. The average molecular weight is 564 g/mol. The van der Waals surface area contributed by atoms with Crippen LogP contribution >= 0.6 is 23.2 Å². The molecule has 4 rings (SSSR count). The van der Waals surface area contributed by atoms with Crippen molar-refractivity contribution < 1.29 is 4.79 Å². The van der Waals surface area contributed by atoms with E-state index in [0.717, 1.165) is 61.4 Å². The number of anilines is 1. The number of nitriles is 1. The van der Waals surface area contributed by atoms with Crippen molar-refractivity contribution in [2.45, 2.75) is 25.7 Å². The molecule has 0 spiro atoms. The molecule has 0 amide bonds. The summed E-state index contributed by atoms with van der Waals surface area (Å²) < 4.78 is 0. The molecule has 204 valence electrons. The Morgan fingerprint density at radius 1 is 1.03 bits per heavy atom. The lowest BCUT2D eigenvalue weighted by atomic mass is 10.0. The summed E-state index contributed by atoms with van der Waals surface area (Å²) in [5, 5.41) is 13.3. The van der Waals surface area contributed by atoms with Gasteiger partial charge in [-0.2, -0.15) is 5.26 Å². The Hall–Kier alpha value is -3.30. The molecule has 0 atom stereocenters. The van der Waals surface area contributed by atoms with Crippen LogP contribution < -0.4 is 5.32 Å². The maximum absolute atomic E-state index is 11.2. The number of hydrogen-bond acceptors (Lipinski definition) is 5. The zero-order valence-electron chi connectivity index (χ0n) is 22.5. The van der Waals surface area contributed by atoms with Gasteiger partial charge in [0, 0.05) is 41.6 Å². The predicted octanol–water partition coefficient (Wildman–Crippen LogP) is 7.30. The number of aldehydes is 1. The van der Waals surface area contributed by atoms with Crippen LogP contribution in [0.5, 0.6) is 0 Å². The highest BCUT2D eigenvalue weighted by molar-refractivity contribution is 6.35. The maximum atomic E-state index is 11.2. The lowest BCUT2D eigenvalue weighted by Crippen LogP contribution is -2.37. The molecular formula is C32H36Cl2N4O. The summed E-state index contributed by atoms with van der Waals surface area (Å²) in [5.41, 5.74) is 6.01. The van der Waals surface area contributed by atoms with Gasteiger partial charge in [0.1, 0.15) is 6.29 Å². The van der Waals surface area contributed by atoms with Gasteiger partial charge in [0.25, 0.3) is 0 Å². The number of halogens is 2. The highest BCUT2D eigenvalue weighted by Crippen LogP contribution is 2.22. The van der Waals surface area contributed by atoms with Crippen molar-refractivity contribution in [3.63, 3.8) is 0 Å². The van der Waals surface area contributed by atoms with Gasteiger partial charge in [-0.3, -0.25) is 4.90 Å². The standard InChI is InChI=1S/C25H29N3O.C7H7Cl2N/c1-21(20-27-13-3-2-4-14-27)28(16-17-29)15-12-22-8-10-24(11-9-22)25-7-5-6-23(18-25)19-26;1-10-7-3-5(8)2-6(9)4-7/h5-11,17-18H,1-4,12-16,20H2;2-4,10H,1H3. The van der Waals surface area contributed by atoms with E-state index < -0.39 is 0 Å². The van der Waals surface area contributed by atoms with Crippen molar-refractivity contribution in [3.05, 3.63) is 100 Å². The number of nitrogens with zero attached hydrogens (tertiary/aromatic N) is 3. The van der Waals surface area contributed by atoms with Crippen LogP contribution in [0.3, 0.4) is 0 Å². The topological polar surface area (TPSA) is 59.4 Å². The molecule has 7 heteroatoms. The second-order valence-electron chi connectivity index (χ2n) is 9.56. The van der Waals surface area contributed by atoms with E-state index in [1.54, 1.807) is 6.07 Å². The number of rotatable bonds is 10. The molecule has 1 saturated heterocycles. The van der Waals surface area contributed by atoms with Gasteiger partial charge in [0.05, 0.1) is 18.2 Å². The molecule has 1 N–H and O–H groups in total. The van der Waals surface area contributed by atoms with Crippen molar-refractivity contribution in [3.8, 4) is 17.2 Å². The highest BCUT2D eigenvalue weighted by Gasteiger charge is 2.14. The van der Waals surface area contributed by atoms with E-state index in [9.17, 15) is 4.79 Å². The Morgan fingerprint density at radius 2 is 1.72 bits per heavy atom. The Balaban J connectivity index is 0.000000353. The minimum absolute atomic E-state index is 0.395. The van der Waals surface area contributed by atoms with Gasteiger partial charge in [0.15, 0.2) is 0 Å². The van der Waals surface area contributed by atoms with Crippen molar-refractivity contribution in [1.29, 1.82) is 5.26 Å². The maximum Gasteiger partial charge on any atom is 0.139 e. The van der Waals surface area contributed by atoms with Gasteiger partial charge in [-0.05, 0) is 79.4 Å². The largest absolute Gasteiger partial charge is 0.388 e. The number of hydrogen-bond donors (Lipinski definition) is 1. The minimum Gasteiger partial charge on any atom is -0.388 e. The monoisotopic (exact) mass is 562 g/mol. The van der Waals surface area contributed by atoms with Crippen LogP contribution in [0.4, 0.5) is 5.69 Å². The summed E-state index contributed by atoms with van der Waals surface area (Å²) in [6.45, 7) is 8.53. The molecule has 1 fully saturated rings. The van der Waals surface area contributed by atoms with Crippen molar-refractivity contribution in [2.24, 2.45) is 0 Å². The first kappa shape index (κ1) is 30.2. The van der Waals surface area contributed by atoms with Crippen molar-refractivity contribution in [2.75, 3.05) is 45.1 Å². The van der Waals surface area contributed by atoms with E-state index in [-0.39, 0.29) is 0 Å². The number of likely N-dealkylation sites (tertiary alicyclic amines) is 1. The van der Waals surface area contributed by atoms with E-state index in [4.69, 9.17) is 28.5 Å². The molecule has 5 nitrogen and oxygen atoms in total. The van der Waals surface area contributed by atoms with E-state index in [1.165, 1.54) is 24.8 Å². The molecule has 39 heavy (non-hydrogen) atoms. The van der Waals surface area contributed by atoms with Crippen LogP contribution in [0.2, 0.25) is 10.0 Å². The Morgan fingerprint density at radius 3 is 2.33 bits per heavy atom. The molecule has 1 aliphatic rings. The second-order valence-corrected chi connectivity index (χ2v) is 10.4.